The van der Waals surface area contributed by atoms with E-state index in [2.05, 4.69) is 31.7 Å². The van der Waals surface area contributed by atoms with Gasteiger partial charge >= 0.3 is 0 Å². The number of hydrogen-bond donors (Lipinski definition) is 1. The molecule has 7 nitrogen and oxygen atoms in total. The van der Waals surface area contributed by atoms with E-state index in [1.807, 2.05) is 24.0 Å². The molecular weight excluding hydrogens is 268 g/mol. The lowest BCUT2D eigenvalue weighted by Gasteiger charge is -2.16. The van der Waals surface area contributed by atoms with Gasteiger partial charge in [0.25, 0.3) is 5.91 Å². The fourth-order valence-electron chi connectivity index (χ4n) is 2.63. The highest BCUT2D eigenvalue weighted by Crippen LogP contribution is 2.29. The van der Waals surface area contributed by atoms with E-state index < -0.39 is 0 Å². The number of amides is 1. The van der Waals surface area contributed by atoms with E-state index in [0.29, 0.717) is 11.6 Å². The smallest absolute Gasteiger partial charge is 0.271 e. The summed E-state index contributed by atoms with van der Waals surface area (Å²) in [5.41, 5.74) is 1.60. The Morgan fingerprint density at radius 1 is 1.38 bits per heavy atom. The number of carbonyl (C=O) groups is 1. The van der Waals surface area contributed by atoms with E-state index >= 15 is 0 Å². The Bertz CT molecular complexity index is 635. The topological polar surface area (TPSA) is 75.9 Å². The lowest BCUT2D eigenvalue weighted by atomic mass is 10.0. The maximum atomic E-state index is 11.4. The second-order valence-corrected chi connectivity index (χ2v) is 5.23. The highest BCUT2D eigenvalue weighted by atomic mass is 16.1. The summed E-state index contributed by atoms with van der Waals surface area (Å²) < 4.78 is 1.83. The van der Waals surface area contributed by atoms with Gasteiger partial charge in [-0.05, 0) is 24.1 Å². The molecule has 21 heavy (non-hydrogen) atoms. The largest absolute Gasteiger partial charge is 0.354 e. The summed E-state index contributed by atoms with van der Waals surface area (Å²) in [6, 6.07) is 3.56. The first kappa shape index (κ1) is 13.5. The zero-order valence-electron chi connectivity index (χ0n) is 12.2. The number of nitrogens with zero attached hydrogens (tertiary/aromatic N) is 5. The summed E-state index contributed by atoms with van der Waals surface area (Å²) in [7, 11) is 3.51. The number of rotatable bonds is 3. The van der Waals surface area contributed by atoms with Gasteiger partial charge in [-0.1, -0.05) is 0 Å². The standard InChI is InChI=1S/C14H18N6O/c1-15-14(21)12-3-4-13(18-17-12)20-6-5-10(9-20)11-7-16-19(2)8-11/h3-4,7-8,10H,5-6,9H2,1-2H3,(H,15,21). The molecule has 1 atom stereocenters. The molecule has 1 N–H and O–H groups in total. The average Bonchev–Trinajstić information content (AvgIpc) is 3.15. The Morgan fingerprint density at radius 3 is 2.86 bits per heavy atom. The second-order valence-electron chi connectivity index (χ2n) is 5.23. The molecule has 0 aliphatic carbocycles. The molecule has 7 heteroatoms. The fraction of sp³-hybridized carbons (Fsp3) is 0.429. The summed E-state index contributed by atoms with van der Waals surface area (Å²) >= 11 is 0. The summed E-state index contributed by atoms with van der Waals surface area (Å²) in [5.74, 6) is 1.07. The fourth-order valence-corrected chi connectivity index (χ4v) is 2.63. The molecule has 1 fully saturated rings. The lowest BCUT2D eigenvalue weighted by molar-refractivity contribution is 0.0957. The molecule has 1 amide bonds. The Morgan fingerprint density at radius 2 is 2.24 bits per heavy atom. The SMILES string of the molecule is CNC(=O)c1ccc(N2CCC(c3cnn(C)c3)C2)nn1. The van der Waals surface area contributed by atoms with Crippen molar-refractivity contribution < 1.29 is 4.79 Å². The molecule has 0 aromatic carbocycles. The molecule has 3 heterocycles. The van der Waals surface area contributed by atoms with Crippen molar-refractivity contribution in [2.45, 2.75) is 12.3 Å². The van der Waals surface area contributed by atoms with E-state index in [9.17, 15) is 4.79 Å². The Labute approximate surface area is 123 Å². The number of aromatic nitrogens is 4. The minimum absolute atomic E-state index is 0.219. The molecule has 110 valence electrons. The van der Waals surface area contributed by atoms with Gasteiger partial charge in [-0.2, -0.15) is 5.10 Å². The highest BCUT2D eigenvalue weighted by Gasteiger charge is 2.26. The molecule has 1 aliphatic heterocycles. The monoisotopic (exact) mass is 286 g/mol. The van der Waals surface area contributed by atoms with Crippen LogP contribution in [0.15, 0.2) is 24.5 Å². The number of carbonyl (C=O) groups excluding carboxylic acids is 1. The Hall–Kier alpha value is -2.44. The van der Waals surface area contributed by atoms with Gasteiger partial charge in [-0.25, -0.2) is 0 Å². The van der Waals surface area contributed by atoms with E-state index in [1.165, 1.54) is 5.56 Å². The van der Waals surface area contributed by atoms with Crippen LogP contribution in [-0.2, 0) is 7.05 Å². The van der Waals surface area contributed by atoms with Crippen LogP contribution in [0.3, 0.4) is 0 Å². The minimum Gasteiger partial charge on any atom is -0.354 e. The molecule has 2 aromatic heterocycles. The number of nitrogens with one attached hydrogen (secondary N) is 1. The van der Waals surface area contributed by atoms with Crippen molar-refractivity contribution >= 4 is 11.7 Å². The summed E-state index contributed by atoms with van der Waals surface area (Å²) in [5, 5.41) is 14.9. The van der Waals surface area contributed by atoms with Crippen LogP contribution in [0.2, 0.25) is 0 Å². The Balaban J connectivity index is 1.70. The molecule has 0 radical (unpaired) electrons. The maximum Gasteiger partial charge on any atom is 0.271 e. The van der Waals surface area contributed by atoms with E-state index in [1.54, 1.807) is 13.1 Å². The van der Waals surface area contributed by atoms with Crippen molar-refractivity contribution in [3.8, 4) is 0 Å². The van der Waals surface area contributed by atoms with Crippen LogP contribution in [0.5, 0.6) is 0 Å². The zero-order valence-corrected chi connectivity index (χ0v) is 12.2. The lowest BCUT2D eigenvalue weighted by Crippen LogP contribution is -2.23. The molecule has 2 aromatic rings. The number of aryl methyl sites for hydroxylation is 1. The highest BCUT2D eigenvalue weighted by molar-refractivity contribution is 5.91. The van der Waals surface area contributed by atoms with Crippen molar-refractivity contribution in [2.24, 2.45) is 7.05 Å². The van der Waals surface area contributed by atoms with Crippen molar-refractivity contribution in [3.05, 3.63) is 35.8 Å². The summed E-state index contributed by atoms with van der Waals surface area (Å²) in [6.07, 6.45) is 5.06. The van der Waals surface area contributed by atoms with Crippen LogP contribution in [-0.4, -0.2) is 46.0 Å². The Kier molecular flexibility index (Phi) is 3.55. The van der Waals surface area contributed by atoms with Crippen LogP contribution < -0.4 is 10.2 Å². The molecule has 0 spiro atoms. The van der Waals surface area contributed by atoms with Crippen molar-refractivity contribution in [3.63, 3.8) is 0 Å². The predicted molar refractivity (Wildman–Crippen MR) is 78.2 cm³/mol. The second kappa shape index (κ2) is 5.51. The molecule has 1 unspecified atom stereocenters. The first-order valence-corrected chi connectivity index (χ1v) is 6.96. The van der Waals surface area contributed by atoms with Crippen molar-refractivity contribution in [2.75, 3.05) is 25.0 Å². The molecule has 1 saturated heterocycles. The molecule has 1 aliphatic rings. The van der Waals surface area contributed by atoms with Gasteiger partial charge in [0, 0.05) is 39.3 Å². The third-order valence-corrected chi connectivity index (χ3v) is 3.82. The van der Waals surface area contributed by atoms with Crippen molar-refractivity contribution in [1.82, 2.24) is 25.3 Å². The van der Waals surface area contributed by atoms with Gasteiger partial charge < -0.3 is 10.2 Å². The summed E-state index contributed by atoms with van der Waals surface area (Å²) in [6.45, 7) is 1.84. The quantitative estimate of drug-likeness (QED) is 0.892. The zero-order chi connectivity index (χ0) is 14.8. The van der Waals surface area contributed by atoms with Gasteiger partial charge in [0.05, 0.1) is 6.20 Å². The normalized spacial score (nSPS) is 18.0. The van der Waals surface area contributed by atoms with E-state index in [-0.39, 0.29) is 5.91 Å². The third kappa shape index (κ3) is 2.72. The number of hydrogen-bond acceptors (Lipinski definition) is 5. The van der Waals surface area contributed by atoms with Gasteiger partial charge in [0.1, 0.15) is 0 Å². The van der Waals surface area contributed by atoms with Crippen LogP contribution in [0.25, 0.3) is 0 Å². The molecular formula is C14H18N6O. The summed E-state index contributed by atoms with van der Waals surface area (Å²) in [4.78, 5) is 13.6. The maximum absolute atomic E-state index is 11.4. The van der Waals surface area contributed by atoms with Gasteiger partial charge in [-0.15, -0.1) is 10.2 Å². The average molecular weight is 286 g/mol. The van der Waals surface area contributed by atoms with Gasteiger partial charge in [0.2, 0.25) is 0 Å². The number of anilines is 1. The minimum atomic E-state index is -0.219. The first-order valence-electron chi connectivity index (χ1n) is 6.96. The predicted octanol–water partition coefficient (Wildman–Crippen LogP) is 0.564. The van der Waals surface area contributed by atoms with Crippen molar-refractivity contribution in [1.29, 1.82) is 0 Å². The molecule has 0 saturated carbocycles. The van der Waals surface area contributed by atoms with Crippen LogP contribution in [0, 0.1) is 0 Å². The van der Waals surface area contributed by atoms with Crippen LogP contribution >= 0.6 is 0 Å². The van der Waals surface area contributed by atoms with E-state index in [0.717, 1.165) is 25.3 Å². The molecule has 0 bridgehead atoms. The molecule has 3 rings (SSSR count). The van der Waals surface area contributed by atoms with Gasteiger partial charge in [-0.3, -0.25) is 9.48 Å². The van der Waals surface area contributed by atoms with E-state index in [4.69, 9.17) is 0 Å². The van der Waals surface area contributed by atoms with Gasteiger partial charge in [0.15, 0.2) is 11.5 Å². The first-order chi connectivity index (χ1) is 10.2. The van der Waals surface area contributed by atoms with Crippen LogP contribution in [0.1, 0.15) is 28.4 Å². The van der Waals surface area contributed by atoms with Crippen LogP contribution in [0.4, 0.5) is 5.82 Å². The third-order valence-electron chi connectivity index (χ3n) is 3.82.